The molecule has 4 nitrogen and oxygen atoms in total. The Hall–Kier alpha value is -1.14. The molecular weight excluding hydrogens is 441 g/mol. The van der Waals surface area contributed by atoms with Crippen LogP contribution in [0.4, 0.5) is 0 Å². The van der Waals surface area contributed by atoms with Gasteiger partial charge in [0.15, 0.2) is 0 Å². The van der Waals surface area contributed by atoms with Crippen molar-refractivity contribution in [1.82, 2.24) is 4.72 Å². The van der Waals surface area contributed by atoms with E-state index >= 15 is 0 Å². The maximum atomic E-state index is 13.1. The molecule has 33 heavy (non-hydrogen) atoms. The smallest absolute Gasteiger partial charge is 0.239 e. The van der Waals surface area contributed by atoms with Gasteiger partial charge in [-0.1, -0.05) is 91.8 Å². The standard InChI is InChI=1S/C27H39NO3S.Na/c1-17(2)22-13-24(19(5)6)26(25(14-22)20(7)8)16-32(30,31)28-27(29)15-21-11-9-10-12-23(21)18(3)4;/h9-14,17-20H,15-16H2,1-8H3,(H,28,29);. The summed E-state index contributed by atoms with van der Waals surface area (Å²) in [6, 6.07) is 12.0. The van der Waals surface area contributed by atoms with E-state index in [1.54, 1.807) is 0 Å². The third kappa shape index (κ3) is 8.24. The van der Waals surface area contributed by atoms with Crippen molar-refractivity contribution in [2.24, 2.45) is 0 Å². The molecule has 6 heteroatoms. The maximum absolute atomic E-state index is 13.1. The predicted octanol–water partition coefficient (Wildman–Crippen LogP) is 5.99. The Kier molecular flexibility index (Phi) is 11.4. The normalized spacial score (nSPS) is 11.9. The fourth-order valence-corrected chi connectivity index (χ4v) is 5.34. The minimum Gasteiger partial charge on any atom is -0.274 e. The van der Waals surface area contributed by atoms with Gasteiger partial charge in [-0.05, 0) is 57.1 Å². The van der Waals surface area contributed by atoms with Gasteiger partial charge in [0.2, 0.25) is 15.9 Å². The van der Waals surface area contributed by atoms with Crippen LogP contribution in [-0.4, -0.2) is 43.9 Å². The molecule has 0 aromatic heterocycles. The van der Waals surface area contributed by atoms with Gasteiger partial charge in [0.1, 0.15) is 0 Å². The molecule has 1 amide bonds. The first-order valence-electron chi connectivity index (χ1n) is 11.6. The molecule has 2 aromatic rings. The van der Waals surface area contributed by atoms with Gasteiger partial charge in [0.25, 0.3) is 0 Å². The van der Waals surface area contributed by atoms with Crippen molar-refractivity contribution in [3.8, 4) is 0 Å². The van der Waals surface area contributed by atoms with Gasteiger partial charge in [-0.3, -0.25) is 9.52 Å². The van der Waals surface area contributed by atoms with Crippen LogP contribution < -0.4 is 4.72 Å². The largest absolute Gasteiger partial charge is 0.274 e. The molecule has 1 radical (unpaired) electrons. The first kappa shape index (κ1) is 29.9. The van der Waals surface area contributed by atoms with Crippen LogP contribution >= 0.6 is 0 Å². The van der Waals surface area contributed by atoms with Crippen LogP contribution in [0, 0.1) is 0 Å². The zero-order valence-electron chi connectivity index (χ0n) is 21.8. The molecule has 0 heterocycles. The number of benzene rings is 2. The van der Waals surface area contributed by atoms with Gasteiger partial charge in [-0.2, -0.15) is 0 Å². The van der Waals surface area contributed by atoms with Crippen LogP contribution in [0.15, 0.2) is 36.4 Å². The molecule has 177 valence electrons. The summed E-state index contributed by atoms with van der Waals surface area (Å²) in [5, 5.41) is 0. The van der Waals surface area contributed by atoms with Crippen molar-refractivity contribution in [1.29, 1.82) is 0 Å². The molecule has 2 aromatic carbocycles. The third-order valence-corrected chi connectivity index (χ3v) is 7.09. The van der Waals surface area contributed by atoms with Gasteiger partial charge in [0.05, 0.1) is 12.2 Å². The zero-order chi connectivity index (χ0) is 24.2. The van der Waals surface area contributed by atoms with Gasteiger partial charge in [-0.15, -0.1) is 0 Å². The molecule has 0 aliphatic heterocycles. The average molecular weight is 481 g/mol. The van der Waals surface area contributed by atoms with E-state index in [0.29, 0.717) is 5.92 Å². The topological polar surface area (TPSA) is 63.2 Å². The number of rotatable bonds is 9. The van der Waals surface area contributed by atoms with Gasteiger partial charge >= 0.3 is 0 Å². The van der Waals surface area contributed by atoms with Crippen LogP contribution in [0.3, 0.4) is 0 Å². The van der Waals surface area contributed by atoms with E-state index in [1.807, 2.05) is 24.3 Å². The molecular formula is C27H39NNaO3S. The summed E-state index contributed by atoms with van der Waals surface area (Å²) in [5.41, 5.74) is 6.05. The van der Waals surface area contributed by atoms with Crippen molar-refractivity contribution in [3.05, 3.63) is 69.8 Å². The van der Waals surface area contributed by atoms with Crippen molar-refractivity contribution in [2.75, 3.05) is 0 Å². The molecule has 0 fully saturated rings. The summed E-state index contributed by atoms with van der Waals surface area (Å²) < 4.78 is 28.4. The summed E-state index contributed by atoms with van der Waals surface area (Å²) >= 11 is 0. The molecule has 0 aliphatic carbocycles. The number of hydrogen-bond acceptors (Lipinski definition) is 3. The van der Waals surface area contributed by atoms with Crippen LogP contribution in [0.5, 0.6) is 0 Å². The Morgan fingerprint density at radius 2 is 1.27 bits per heavy atom. The second-order valence-corrected chi connectivity index (χ2v) is 11.7. The molecule has 1 N–H and O–H groups in total. The minimum atomic E-state index is -3.83. The molecule has 0 atom stereocenters. The fourth-order valence-electron chi connectivity index (χ4n) is 4.14. The number of sulfonamides is 1. The Morgan fingerprint density at radius 1 is 0.788 bits per heavy atom. The molecule has 0 saturated heterocycles. The quantitative estimate of drug-likeness (QED) is 0.449. The van der Waals surface area contributed by atoms with Gasteiger partial charge < -0.3 is 0 Å². The Bertz CT molecular complexity index is 1030. The number of carbonyl (C=O) groups is 1. The van der Waals surface area contributed by atoms with Crippen LogP contribution in [0.2, 0.25) is 0 Å². The van der Waals surface area contributed by atoms with Crippen molar-refractivity contribution < 1.29 is 13.2 Å². The molecule has 2 rings (SSSR count). The zero-order valence-corrected chi connectivity index (χ0v) is 24.6. The first-order chi connectivity index (χ1) is 14.8. The van der Waals surface area contributed by atoms with Crippen LogP contribution in [-0.2, 0) is 27.0 Å². The fraction of sp³-hybridized carbons (Fsp3) is 0.519. The van der Waals surface area contributed by atoms with E-state index in [0.717, 1.165) is 27.8 Å². The van der Waals surface area contributed by atoms with Gasteiger partial charge in [0, 0.05) is 29.6 Å². The van der Waals surface area contributed by atoms with E-state index in [2.05, 4.69) is 72.2 Å². The van der Waals surface area contributed by atoms with Crippen molar-refractivity contribution >= 4 is 45.5 Å². The maximum Gasteiger partial charge on any atom is 0.239 e. The summed E-state index contributed by atoms with van der Waals surface area (Å²) in [4.78, 5) is 12.7. The second kappa shape index (κ2) is 12.5. The molecule has 0 bridgehead atoms. The summed E-state index contributed by atoms with van der Waals surface area (Å²) in [6.45, 7) is 16.8. The summed E-state index contributed by atoms with van der Waals surface area (Å²) in [7, 11) is -3.83. The van der Waals surface area contributed by atoms with E-state index in [-0.39, 0.29) is 59.5 Å². The first-order valence-corrected chi connectivity index (χ1v) is 13.2. The molecule has 0 saturated carbocycles. The number of amides is 1. The van der Waals surface area contributed by atoms with Crippen molar-refractivity contribution in [2.45, 2.75) is 91.2 Å². The minimum absolute atomic E-state index is 0. The Balaban J connectivity index is 0.00000544. The van der Waals surface area contributed by atoms with E-state index < -0.39 is 15.9 Å². The van der Waals surface area contributed by atoms with Crippen molar-refractivity contribution in [3.63, 3.8) is 0 Å². The number of carbonyl (C=O) groups excluding carboxylic acids is 1. The summed E-state index contributed by atoms with van der Waals surface area (Å²) in [5.74, 6) is 0.307. The van der Waals surface area contributed by atoms with E-state index in [4.69, 9.17) is 0 Å². The third-order valence-electron chi connectivity index (χ3n) is 5.88. The number of nitrogens with one attached hydrogen (secondary N) is 1. The molecule has 0 unspecified atom stereocenters. The Labute approximate surface area is 223 Å². The monoisotopic (exact) mass is 480 g/mol. The summed E-state index contributed by atoms with van der Waals surface area (Å²) in [6.07, 6.45) is 0.0495. The number of hydrogen-bond donors (Lipinski definition) is 1. The Morgan fingerprint density at radius 3 is 1.73 bits per heavy atom. The molecule has 0 spiro atoms. The van der Waals surface area contributed by atoms with E-state index in [1.165, 1.54) is 5.56 Å². The predicted molar refractivity (Wildman–Crippen MR) is 139 cm³/mol. The second-order valence-electron chi connectivity index (χ2n) is 9.96. The van der Waals surface area contributed by atoms with E-state index in [9.17, 15) is 13.2 Å². The van der Waals surface area contributed by atoms with Crippen LogP contribution in [0.25, 0.3) is 0 Å². The SMILES string of the molecule is CC(C)c1cc(C(C)C)c(CS(=O)(=O)NC(=O)Cc2ccccc2C(C)C)c(C(C)C)c1.[Na]. The van der Waals surface area contributed by atoms with Gasteiger partial charge in [-0.25, -0.2) is 8.42 Å². The molecule has 0 aliphatic rings. The van der Waals surface area contributed by atoms with Crippen LogP contribution in [0.1, 0.15) is 112 Å². The average Bonchev–Trinajstić information content (AvgIpc) is 2.66.